The maximum atomic E-state index is 11.9. The molecule has 1 aliphatic rings. The van der Waals surface area contributed by atoms with Gasteiger partial charge in [-0.3, -0.25) is 14.3 Å². The zero-order valence-electron chi connectivity index (χ0n) is 10.6. The molecule has 0 spiro atoms. The van der Waals surface area contributed by atoms with Crippen LogP contribution < -0.4 is 11.2 Å². The Morgan fingerprint density at radius 2 is 2.17 bits per heavy atom. The molecule has 2 unspecified atom stereocenters. The van der Waals surface area contributed by atoms with E-state index < -0.39 is 11.2 Å². The van der Waals surface area contributed by atoms with Gasteiger partial charge in [-0.25, -0.2) is 4.79 Å². The van der Waals surface area contributed by atoms with Crippen LogP contribution in [0.5, 0.6) is 5.88 Å². The summed E-state index contributed by atoms with van der Waals surface area (Å²) in [5.74, 6) is 0.802. The molecule has 0 bridgehead atoms. The predicted molar refractivity (Wildman–Crippen MR) is 72.5 cm³/mol. The van der Waals surface area contributed by atoms with Crippen molar-refractivity contribution in [2.75, 3.05) is 5.75 Å². The van der Waals surface area contributed by atoms with E-state index in [0.717, 1.165) is 25.0 Å². The van der Waals surface area contributed by atoms with Crippen molar-refractivity contribution >= 4 is 11.8 Å². The number of hydrogen-bond donors (Lipinski definition) is 2. The van der Waals surface area contributed by atoms with Gasteiger partial charge in [-0.2, -0.15) is 11.8 Å². The number of aromatic nitrogens is 2. The van der Waals surface area contributed by atoms with Crippen molar-refractivity contribution in [1.29, 1.82) is 0 Å². The molecule has 2 N–H and O–H groups in total. The van der Waals surface area contributed by atoms with Crippen molar-refractivity contribution < 1.29 is 5.11 Å². The van der Waals surface area contributed by atoms with Crippen LogP contribution >= 0.6 is 11.8 Å². The van der Waals surface area contributed by atoms with E-state index in [2.05, 4.69) is 11.9 Å². The molecular weight excluding hydrogens is 252 g/mol. The van der Waals surface area contributed by atoms with Gasteiger partial charge in [-0.1, -0.05) is 13.3 Å². The third-order valence-corrected chi connectivity index (χ3v) is 4.78. The highest BCUT2D eigenvalue weighted by atomic mass is 32.2. The molecule has 100 valence electrons. The van der Waals surface area contributed by atoms with Gasteiger partial charge in [0.25, 0.3) is 5.56 Å². The van der Waals surface area contributed by atoms with Crippen LogP contribution in [0.15, 0.2) is 9.59 Å². The fourth-order valence-corrected chi connectivity index (χ4v) is 3.79. The van der Waals surface area contributed by atoms with Crippen molar-refractivity contribution in [2.24, 2.45) is 0 Å². The van der Waals surface area contributed by atoms with E-state index in [1.807, 2.05) is 0 Å². The molecule has 0 radical (unpaired) electrons. The van der Waals surface area contributed by atoms with Crippen LogP contribution in [0.1, 0.15) is 37.8 Å². The van der Waals surface area contributed by atoms with Gasteiger partial charge in [-0.15, -0.1) is 0 Å². The maximum absolute atomic E-state index is 11.9. The summed E-state index contributed by atoms with van der Waals surface area (Å²) in [6, 6.07) is -0.0157. The molecule has 1 aromatic heterocycles. The first-order valence-electron chi connectivity index (χ1n) is 6.22. The number of aromatic amines is 1. The highest BCUT2D eigenvalue weighted by Crippen LogP contribution is 2.39. The van der Waals surface area contributed by atoms with Crippen molar-refractivity contribution in [1.82, 2.24) is 9.55 Å². The first kappa shape index (κ1) is 13.3. The fourth-order valence-electron chi connectivity index (χ4n) is 2.55. The summed E-state index contributed by atoms with van der Waals surface area (Å²) in [7, 11) is 0. The van der Waals surface area contributed by atoms with Crippen LogP contribution in [0.2, 0.25) is 0 Å². The number of hydrogen-bond acceptors (Lipinski definition) is 4. The normalized spacial score (nSPS) is 23.4. The lowest BCUT2D eigenvalue weighted by Gasteiger charge is -2.22. The van der Waals surface area contributed by atoms with E-state index in [0.29, 0.717) is 5.25 Å². The number of H-pyrrole nitrogens is 1. The Bertz CT molecular complexity index is 549. The second-order valence-electron chi connectivity index (χ2n) is 4.57. The predicted octanol–water partition coefficient (Wildman–Crippen LogP) is 1.40. The Labute approximate surface area is 109 Å². The van der Waals surface area contributed by atoms with Crippen LogP contribution in [0.4, 0.5) is 0 Å². The summed E-state index contributed by atoms with van der Waals surface area (Å²) in [5, 5.41) is 10.4. The minimum absolute atomic E-state index is 0.0157. The third kappa shape index (κ3) is 2.21. The van der Waals surface area contributed by atoms with Gasteiger partial charge < -0.3 is 5.11 Å². The minimum atomic E-state index is -0.508. The van der Waals surface area contributed by atoms with Gasteiger partial charge in [0, 0.05) is 5.25 Å². The lowest BCUT2D eigenvalue weighted by molar-refractivity contribution is 0.362. The lowest BCUT2D eigenvalue weighted by atomic mass is 10.2. The highest BCUT2D eigenvalue weighted by Gasteiger charge is 2.31. The largest absolute Gasteiger partial charge is 0.494 e. The molecule has 0 amide bonds. The van der Waals surface area contributed by atoms with E-state index in [9.17, 15) is 14.7 Å². The summed E-state index contributed by atoms with van der Waals surface area (Å²) < 4.78 is 1.36. The summed E-state index contributed by atoms with van der Waals surface area (Å²) in [6.07, 6.45) is 2.97. The highest BCUT2D eigenvalue weighted by molar-refractivity contribution is 7.99. The van der Waals surface area contributed by atoms with E-state index >= 15 is 0 Å². The number of nitrogens with one attached hydrogen (secondary N) is 1. The van der Waals surface area contributed by atoms with E-state index in [4.69, 9.17) is 0 Å². The van der Waals surface area contributed by atoms with Crippen molar-refractivity contribution in [3.05, 3.63) is 26.4 Å². The topological polar surface area (TPSA) is 75.1 Å². The van der Waals surface area contributed by atoms with Gasteiger partial charge >= 0.3 is 5.69 Å². The molecule has 1 fully saturated rings. The fraction of sp³-hybridized carbons (Fsp3) is 0.667. The van der Waals surface area contributed by atoms with Crippen molar-refractivity contribution in [2.45, 2.75) is 44.4 Å². The molecule has 1 saturated carbocycles. The zero-order chi connectivity index (χ0) is 13.3. The van der Waals surface area contributed by atoms with E-state index in [-0.39, 0.29) is 17.5 Å². The molecule has 2 rings (SSSR count). The van der Waals surface area contributed by atoms with Crippen molar-refractivity contribution in [3.63, 3.8) is 0 Å². The van der Waals surface area contributed by atoms with E-state index in [1.165, 1.54) is 11.5 Å². The zero-order valence-corrected chi connectivity index (χ0v) is 11.4. The third-order valence-electron chi connectivity index (χ3n) is 3.47. The SMILES string of the molecule is CCSC1CCCC1n1c(O)c(C)c(=O)[nH]c1=O. The molecular formula is C12H18N2O3S. The number of thioether (sulfide) groups is 1. The molecule has 18 heavy (non-hydrogen) atoms. The van der Waals surface area contributed by atoms with Crippen molar-refractivity contribution in [3.8, 4) is 5.88 Å². The van der Waals surface area contributed by atoms with Crippen LogP contribution in [0.3, 0.4) is 0 Å². The Kier molecular flexibility index (Phi) is 3.85. The quantitative estimate of drug-likeness (QED) is 0.870. The average Bonchev–Trinajstić information content (AvgIpc) is 2.75. The van der Waals surface area contributed by atoms with Crippen LogP contribution in [-0.2, 0) is 0 Å². The van der Waals surface area contributed by atoms with Gasteiger partial charge in [0.15, 0.2) is 0 Å². The molecule has 0 saturated heterocycles. The molecule has 1 aliphatic carbocycles. The number of nitrogens with zero attached hydrogens (tertiary/aromatic N) is 1. The molecule has 1 aromatic rings. The monoisotopic (exact) mass is 270 g/mol. The smallest absolute Gasteiger partial charge is 0.331 e. The van der Waals surface area contributed by atoms with E-state index in [1.54, 1.807) is 11.8 Å². The van der Waals surface area contributed by atoms with Crippen LogP contribution in [-0.4, -0.2) is 25.7 Å². The average molecular weight is 270 g/mol. The summed E-state index contributed by atoms with van der Waals surface area (Å²) >= 11 is 1.81. The Hall–Kier alpha value is -1.17. The summed E-state index contributed by atoms with van der Waals surface area (Å²) in [4.78, 5) is 25.6. The van der Waals surface area contributed by atoms with Gasteiger partial charge in [0.05, 0.1) is 11.6 Å². The Morgan fingerprint density at radius 1 is 1.44 bits per heavy atom. The Balaban J connectivity index is 2.48. The minimum Gasteiger partial charge on any atom is -0.494 e. The molecule has 0 aliphatic heterocycles. The molecule has 6 heteroatoms. The molecule has 0 aromatic carbocycles. The first-order valence-corrected chi connectivity index (χ1v) is 7.27. The summed E-state index contributed by atoms with van der Waals surface area (Å²) in [6.45, 7) is 3.61. The Morgan fingerprint density at radius 3 is 2.83 bits per heavy atom. The van der Waals surface area contributed by atoms with Gasteiger partial charge in [-0.05, 0) is 25.5 Å². The van der Waals surface area contributed by atoms with Crippen LogP contribution in [0.25, 0.3) is 0 Å². The maximum Gasteiger partial charge on any atom is 0.331 e. The second kappa shape index (κ2) is 5.22. The molecule has 1 heterocycles. The molecule has 5 nitrogen and oxygen atoms in total. The standard InChI is InChI=1S/C12H18N2O3S/c1-3-18-9-6-4-5-8(9)14-11(16)7(2)10(15)13-12(14)17/h8-9,16H,3-6H2,1-2H3,(H,13,15,17). The number of aromatic hydroxyl groups is 1. The summed E-state index contributed by atoms with van der Waals surface area (Å²) in [5.41, 5.74) is -0.801. The van der Waals surface area contributed by atoms with Gasteiger partial charge in [0.1, 0.15) is 0 Å². The molecule has 2 atom stereocenters. The van der Waals surface area contributed by atoms with Gasteiger partial charge in [0.2, 0.25) is 5.88 Å². The lowest BCUT2D eigenvalue weighted by Crippen LogP contribution is -2.35. The second-order valence-corrected chi connectivity index (χ2v) is 6.09. The first-order chi connectivity index (χ1) is 8.56. The van der Waals surface area contributed by atoms with Crippen LogP contribution in [0, 0.1) is 6.92 Å². The number of rotatable bonds is 3.